The lowest BCUT2D eigenvalue weighted by atomic mass is 9.94. The second-order valence-electron chi connectivity index (χ2n) is 9.86. The van der Waals surface area contributed by atoms with E-state index < -0.39 is 11.6 Å². The van der Waals surface area contributed by atoms with Gasteiger partial charge in [-0.1, -0.05) is 0 Å². The van der Waals surface area contributed by atoms with E-state index in [0.29, 0.717) is 40.1 Å². The number of carbonyl (C=O) groups is 2. The fraction of sp³-hybridized carbons (Fsp3) is 0.583. The van der Waals surface area contributed by atoms with Crippen LogP contribution in [0, 0.1) is 11.7 Å². The highest BCUT2D eigenvalue weighted by Crippen LogP contribution is 2.41. The van der Waals surface area contributed by atoms with Gasteiger partial charge in [-0.3, -0.25) is 0 Å². The highest BCUT2D eigenvalue weighted by atomic mass is 79.9. The Kier molecular flexibility index (Phi) is 6.27. The molecule has 1 amide bonds. The molecule has 2 aromatic rings. The predicted molar refractivity (Wildman–Crippen MR) is 123 cm³/mol. The van der Waals surface area contributed by atoms with Gasteiger partial charge >= 0.3 is 12.1 Å². The molecule has 1 aliphatic heterocycles. The van der Waals surface area contributed by atoms with E-state index in [0.717, 1.165) is 37.7 Å². The largest absolute Gasteiger partial charge is 0.465 e. The smallest absolute Gasteiger partial charge is 0.410 e. The number of benzene rings is 1. The molecule has 0 radical (unpaired) electrons. The molecule has 0 N–H and O–H groups in total. The van der Waals surface area contributed by atoms with E-state index in [1.54, 1.807) is 17.0 Å². The number of aromatic nitrogens is 1. The van der Waals surface area contributed by atoms with E-state index in [4.69, 9.17) is 9.47 Å². The van der Waals surface area contributed by atoms with Crippen molar-refractivity contribution in [3.63, 3.8) is 0 Å². The molecule has 4 rings (SSSR count). The Morgan fingerprint density at radius 2 is 1.94 bits per heavy atom. The zero-order valence-corrected chi connectivity index (χ0v) is 20.6. The summed E-state index contributed by atoms with van der Waals surface area (Å²) in [6, 6.07) is 3.26. The third-order valence-electron chi connectivity index (χ3n) is 6.10. The number of likely N-dealkylation sites (tertiary alicyclic amines) is 1. The summed E-state index contributed by atoms with van der Waals surface area (Å²) in [7, 11) is 1.31. The molecule has 1 aliphatic carbocycles. The summed E-state index contributed by atoms with van der Waals surface area (Å²) in [4.78, 5) is 26.5. The SMILES string of the molecule is COC(=O)c1cc(Br)c2c(c1)c(F)c([C@@H]1CCCN(C(=O)OC(C)(C)C)C1)n2CC1CC1. The van der Waals surface area contributed by atoms with Gasteiger partial charge in [0, 0.05) is 35.4 Å². The normalized spacial score (nSPS) is 19.3. The minimum Gasteiger partial charge on any atom is -0.465 e. The van der Waals surface area contributed by atoms with Gasteiger partial charge in [-0.2, -0.15) is 0 Å². The molecular formula is C24H30BrFN2O4. The van der Waals surface area contributed by atoms with Crippen LogP contribution in [0.2, 0.25) is 0 Å². The molecule has 1 aromatic carbocycles. The summed E-state index contributed by atoms with van der Waals surface area (Å²) >= 11 is 3.57. The summed E-state index contributed by atoms with van der Waals surface area (Å²) < 4.78 is 29.1. The second-order valence-corrected chi connectivity index (χ2v) is 10.7. The molecule has 0 unspecified atom stereocenters. The monoisotopic (exact) mass is 508 g/mol. The first-order valence-corrected chi connectivity index (χ1v) is 12.0. The molecule has 1 saturated carbocycles. The summed E-state index contributed by atoms with van der Waals surface area (Å²) in [6.07, 6.45) is 3.48. The molecule has 1 saturated heterocycles. The molecule has 0 spiro atoms. The fourth-order valence-corrected chi connectivity index (χ4v) is 5.17. The van der Waals surface area contributed by atoms with Gasteiger partial charge in [-0.25, -0.2) is 14.0 Å². The Hall–Kier alpha value is -2.09. The van der Waals surface area contributed by atoms with Crippen LogP contribution in [0.4, 0.5) is 9.18 Å². The number of nitrogens with zero attached hydrogens (tertiary/aromatic N) is 2. The van der Waals surface area contributed by atoms with E-state index >= 15 is 4.39 Å². The van der Waals surface area contributed by atoms with E-state index in [9.17, 15) is 9.59 Å². The van der Waals surface area contributed by atoms with Crippen LogP contribution in [0.15, 0.2) is 16.6 Å². The Morgan fingerprint density at radius 1 is 1.22 bits per heavy atom. The molecular weight excluding hydrogens is 479 g/mol. The Labute approximate surface area is 196 Å². The average Bonchev–Trinajstić information content (AvgIpc) is 3.50. The highest BCUT2D eigenvalue weighted by molar-refractivity contribution is 9.10. The van der Waals surface area contributed by atoms with Gasteiger partial charge in [0.05, 0.1) is 23.9 Å². The maximum Gasteiger partial charge on any atom is 0.410 e. The van der Waals surface area contributed by atoms with Gasteiger partial charge in [-0.15, -0.1) is 0 Å². The molecule has 6 nitrogen and oxygen atoms in total. The minimum atomic E-state index is -0.578. The van der Waals surface area contributed by atoms with Gasteiger partial charge in [0.2, 0.25) is 0 Å². The summed E-state index contributed by atoms with van der Waals surface area (Å²) in [5.74, 6) is -0.433. The summed E-state index contributed by atoms with van der Waals surface area (Å²) in [5.41, 5.74) is 1.10. The van der Waals surface area contributed by atoms with Gasteiger partial charge in [0.15, 0.2) is 5.82 Å². The number of methoxy groups -OCH3 is 1. The van der Waals surface area contributed by atoms with Gasteiger partial charge in [-0.05, 0) is 80.4 Å². The quantitative estimate of drug-likeness (QED) is 0.485. The number of piperidine rings is 1. The van der Waals surface area contributed by atoms with Gasteiger partial charge in [0.1, 0.15) is 5.60 Å². The van der Waals surface area contributed by atoms with Gasteiger partial charge in [0.25, 0.3) is 0 Å². The van der Waals surface area contributed by atoms with Crippen molar-refractivity contribution >= 4 is 38.9 Å². The van der Waals surface area contributed by atoms with Crippen molar-refractivity contribution in [2.45, 2.75) is 64.5 Å². The predicted octanol–water partition coefficient (Wildman–Crippen LogP) is 5.85. The number of esters is 1. The van der Waals surface area contributed by atoms with Crippen molar-refractivity contribution in [3.8, 4) is 0 Å². The zero-order valence-electron chi connectivity index (χ0n) is 19.0. The van der Waals surface area contributed by atoms with Crippen molar-refractivity contribution < 1.29 is 23.5 Å². The van der Waals surface area contributed by atoms with Crippen molar-refractivity contribution in [2.24, 2.45) is 5.92 Å². The van der Waals surface area contributed by atoms with Gasteiger partial charge < -0.3 is 18.9 Å². The van der Waals surface area contributed by atoms with Crippen LogP contribution in [0.25, 0.3) is 10.9 Å². The Balaban J connectivity index is 1.75. The van der Waals surface area contributed by atoms with Crippen LogP contribution in [0.3, 0.4) is 0 Å². The average molecular weight is 509 g/mol. The third-order valence-corrected chi connectivity index (χ3v) is 6.71. The van der Waals surface area contributed by atoms with Crippen LogP contribution in [0.5, 0.6) is 0 Å². The van der Waals surface area contributed by atoms with E-state index in [2.05, 4.69) is 20.5 Å². The zero-order chi connectivity index (χ0) is 23.2. The van der Waals surface area contributed by atoms with Crippen molar-refractivity contribution in [1.82, 2.24) is 9.47 Å². The Bertz CT molecular complexity index is 1050. The van der Waals surface area contributed by atoms with Crippen LogP contribution in [-0.4, -0.2) is 47.3 Å². The third kappa shape index (κ3) is 4.65. The molecule has 1 aromatic heterocycles. The number of rotatable bonds is 4. The van der Waals surface area contributed by atoms with Crippen molar-refractivity contribution in [1.29, 1.82) is 0 Å². The number of halogens is 2. The maximum atomic E-state index is 15.9. The second kappa shape index (κ2) is 8.69. The molecule has 0 bridgehead atoms. The molecule has 174 valence electrons. The highest BCUT2D eigenvalue weighted by Gasteiger charge is 2.35. The fourth-order valence-electron chi connectivity index (χ4n) is 4.49. The maximum absolute atomic E-state index is 15.9. The molecule has 2 aliphatic rings. The molecule has 32 heavy (non-hydrogen) atoms. The molecule has 2 fully saturated rings. The van der Waals surface area contributed by atoms with E-state index in [1.807, 2.05) is 20.8 Å². The Morgan fingerprint density at radius 3 is 2.56 bits per heavy atom. The number of fused-ring (bicyclic) bond motifs is 1. The number of hydrogen-bond acceptors (Lipinski definition) is 4. The van der Waals surface area contributed by atoms with Crippen molar-refractivity contribution in [2.75, 3.05) is 20.2 Å². The minimum absolute atomic E-state index is 0.143. The van der Waals surface area contributed by atoms with Crippen LogP contribution >= 0.6 is 15.9 Å². The topological polar surface area (TPSA) is 60.8 Å². The first-order valence-electron chi connectivity index (χ1n) is 11.2. The van der Waals surface area contributed by atoms with Crippen LogP contribution in [-0.2, 0) is 16.0 Å². The number of carbonyl (C=O) groups excluding carboxylic acids is 2. The van der Waals surface area contributed by atoms with E-state index in [1.165, 1.54) is 7.11 Å². The number of hydrogen-bond donors (Lipinski definition) is 0. The number of ether oxygens (including phenoxy) is 2. The lowest BCUT2D eigenvalue weighted by molar-refractivity contribution is 0.0194. The van der Waals surface area contributed by atoms with Crippen LogP contribution < -0.4 is 0 Å². The van der Waals surface area contributed by atoms with E-state index in [-0.39, 0.29) is 17.8 Å². The molecule has 1 atom stereocenters. The molecule has 2 heterocycles. The standard InChI is InChI=1S/C24H30BrFN2O4/c1-24(2,3)32-23(30)27-9-5-6-15(13-27)20-19(26)17-10-16(22(29)31-4)11-18(25)21(17)28(20)12-14-7-8-14/h10-11,14-15H,5-9,12-13H2,1-4H3/t15-/m1/s1. The summed E-state index contributed by atoms with van der Waals surface area (Å²) in [6.45, 7) is 7.27. The summed E-state index contributed by atoms with van der Waals surface area (Å²) in [5, 5.41) is 0.407. The lowest BCUT2D eigenvalue weighted by Crippen LogP contribution is -2.42. The first kappa shape index (κ1) is 23.1. The van der Waals surface area contributed by atoms with Crippen LogP contribution in [0.1, 0.15) is 68.4 Å². The first-order chi connectivity index (χ1) is 15.1. The lowest BCUT2D eigenvalue weighted by Gasteiger charge is -2.34. The van der Waals surface area contributed by atoms with Crippen molar-refractivity contribution in [3.05, 3.63) is 33.7 Å². The number of amides is 1. The molecule has 8 heteroatoms.